The van der Waals surface area contributed by atoms with Crippen molar-refractivity contribution >= 4 is 0 Å². The Morgan fingerprint density at radius 3 is 2.73 bits per heavy atom. The molecule has 2 rings (SSSR count). The van der Waals surface area contributed by atoms with E-state index in [0.717, 1.165) is 6.42 Å². The number of nitrogens with one attached hydrogen (secondary N) is 2. The van der Waals surface area contributed by atoms with Crippen molar-refractivity contribution in [1.29, 1.82) is 0 Å². The molecule has 1 unspecified atom stereocenters. The van der Waals surface area contributed by atoms with Gasteiger partial charge in [-0.3, -0.25) is 5.10 Å². The van der Waals surface area contributed by atoms with Crippen molar-refractivity contribution in [3.63, 3.8) is 0 Å². The molecule has 0 amide bonds. The van der Waals surface area contributed by atoms with E-state index in [-0.39, 0.29) is 5.41 Å². The molecular weight excluding hydrogens is 186 g/mol. The molecule has 3 nitrogen and oxygen atoms in total. The molecule has 3 heteroatoms. The lowest BCUT2D eigenvalue weighted by Gasteiger charge is -2.26. The molecule has 84 valence electrons. The number of aromatic amines is 1. The molecule has 15 heavy (non-hydrogen) atoms. The Bertz CT molecular complexity index is 346. The fraction of sp³-hybridized carbons (Fsp3) is 0.750. The van der Waals surface area contributed by atoms with E-state index in [1.165, 1.54) is 29.8 Å². The van der Waals surface area contributed by atoms with E-state index in [1.807, 2.05) is 7.05 Å². The molecule has 1 heterocycles. The first-order chi connectivity index (χ1) is 7.04. The predicted molar refractivity (Wildman–Crippen MR) is 62.0 cm³/mol. The van der Waals surface area contributed by atoms with Crippen LogP contribution >= 0.6 is 0 Å². The Balaban J connectivity index is 2.47. The molecule has 0 bridgehead atoms. The number of nitrogens with zero attached hydrogens (tertiary/aromatic N) is 1. The minimum Gasteiger partial charge on any atom is -0.313 e. The summed E-state index contributed by atoms with van der Waals surface area (Å²) < 4.78 is 0. The Morgan fingerprint density at radius 1 is 1.40 bits per heavy atom. The van der Waals surface area contributed by atoms with E-state index in [9.17, 15) is 0 Å². The van der Waals surface area contributed by atoms with Crippen molar-refractivity contribution in [3.05, 3.63) is 17.0 Å². The zero-order valence-corrected chi connectivity index (χ0v) is 10.1. The smallest absolute Gasteiger partial charge is 0.0726 e. The summed E-state index contributed by atoms with van der Waals surface area (Å²) in [6.45, 7) is 6.68. The van der Waals surface area contributed by atoms with Crippen LogP contribution in [0.3, 0.4) is 0 Å². The van der Waals surface area contributed by atoms with Gasteiger partial charge in [-0.25, -0.2) is 0 Å². The van der Waals surface area contributed by atoms with E-state index < -0.39 is 0 Å². The highest BCUT2D eigenvalue weighted by atomic mass is 15.1. The van der Waals surface area contributed by atoms with E-state index in [0.29, 0.717) is 6.04 Å². The summed E-state index contributed by atoms with van der Waals surface area (Å²) in [5, 5.41) is 11.1. The third kappa shape index (κ3) is 1.81. The first-order valence-corrected chi connectivity index (χ1v) is 5.79. The van der Waals surface area contributed by atoms with Gasteiger partial charge in [0.1, 0.15) is 0 Å². The molecule has 0 radical (unpaired) electrons. The Morgan fingerprint density at radius 2 is 2.13 bits per heavy atom. The third-order valence-electron chi connectivity index (χ3n) is 3.21. The molecule has 1 aromatic rings. The number of aryl methyl sites for hydroxylation is 1. The Labute approximate surface area is 91.7 Å². The van der Waals surface area contributed by atoms with Gasteiger partial charge in [-0.1, -0.05) is 20.8 Å². The highest BCUT2D eigenvalue weighted by molar-refractivity contribution is 5.35. The van der Waals surface area contributed by atoms with Gasteiger partial charge in [-0.05, 0) is 26.3 Å². The number of fused-ring (bicyclic) bond motifs is 1. The summed E-state index contributed by atoms with van der Waals surface area (Å²) in [6, 6.07) is 0.488. The molecule has 1 aliphatic rings. The summed E-state index contributed by atoms with van der Waals surface area (Å²) in [5.41, 5.74) is 4.13. The Kier molecular flexibility index (Phi) is 2.59. The fourth-order valence-electron chi connectivity index (χ4n) is 2.44. The van der Waals surface area contributed by atoms with Gasteiger partial charge in [0.2, 0.25) is 0 Å². The van der Waals surface area contributed by atoms with Crippen LogP contribution < -0.4 is 5.32 Å². The van der Waals surface area contributed by atoms with Gasteiger partial charge < -0.3 is 5.32 Å². The second kappa shape index (κ2) is 3.63. The maximum Gasteiger partial charge on any atom is 0.0726 e. The van der Waals surface area contributed by atoms with Crippen LogP contribution in [-0.2, 0) is 11.8 Å². The maximum atomic E-state index is 4.50. The van der Waals surface area contributed by atoms with Gasteiger partial charge in [-0.2, -0.15) is 5.10 Å². The molecule has 0 aliphatic heterocycles. The van der Waals surface area contributed by atoms with Gasteiger partial charge in [0, 0.05) is 22.7 Å². The normalized spacial score (nSPS) is 21.5. The highest BCUT2D eigenvalue weighted by Crippen LogP contribution is 2.35. The van der Waals surface area contributed by atoms with Gasteiger partial charge in [0.05, 0.1) is 5.69 Å². The number of hydrogen-bond acceptors (Lipinski definition) is 2. The van der Waals surface area contributed by atoms with Gasteiger partial charge in [0.25, 0.3) is 0 Å². The monoisotopic (exact) mass is 207 g/mol. The molecule has 0 saturated heterocycles. The van der Waals surface area contributed by atoms with Gasteiger partial charge in [0.15, 0.2) is 0 Å². The molecule has 1 aliphatic carbocycles. The number of hydrogen-bond donors (Lipinski definition) is 2. The summed E-state index contributed by atoms with van der Waals surface area (Å²) >= 11 is 0. The Hall–Kier alpha value is -0.830. The van der Waals surface area contributed by atoms with Crippen LogP contribution in [0, 0.1) is 0 Å². The van der Waals surface area contributed by atoms with Crippen LogP contribution in [0.2, 0.25) is 0 Å². The van der Waals surface area contributed by atoms with Crippen LogP contribution in [0.25, 0.3) is 0 Å². The van der Waals surface area contributed by atoms with E-state index in [2.05, 4.69) is 36.3 Å². The summed E-state index contributed by atoms with van der Waals surface area (Å²) in [5.74, 6) is 0. The first-order valence-electron chi connectivity index (χ1n) is 5.79. The van der Waals surface area contributed by atoms with Crippen molar-refractivity contribution in [3.8, 4) is 0 Å². The average molecular weight is 207 g/mol. The second-order valence-corrected chi connectivity index (χ2v) is 5.45. The molecular formula is C12H21N3. The van der Waals surface area contributed by atoms with Crippen molar-refractivity contribution in [2.24, 2.45) is 0 Å². The summed E-state index contributed by atoms with van der Waals surface area (Å²) in [7, 11) is 2.04. The SMILES string of the molecule is CNC1CCCc2[nH]nc(C(C)(C)C)c21. The lowest BCUT2D eigenvalue weighted by Crippen LogP contribution is -2.25. The lowest BCUT2D eigenvalue weighted by molar-refractivity contribution is 0.475. The molecule has 0 spiro atoms. The summed E-state index contributed by atoms with van der Waals surface area (Å²) in [4.78, 5) is 0. The number of H-pyrrole nitrogens is 1. The van der Waals surface area contributed by atoms with Crippen molar-refractivity contribution in [2.45, 2.75) is 51.5 Å². The average Bonchev–Trinajstić information content (AvgIpc) is 2.59. The largest absolute Gasteiger partial charge is 0.313 e. The van der Waals surface area contributed by atoms with Crippen LogP contribution in [0.1, 0.15) is 56.6 Å². The van der Waals surface area contributed by atoms with Gasteiger partial charge in [-0.15, -0.1) is 0 Å². The quantitative estimate of drug-likeness (QED) is 0.742. The van der Waals surface area contributed by atoms with Crippen molar-refractivity contribution in [1.82, 2.24) is 15.5 Å². The molecule has 2 N–H and O–H groups in total. The molecule has 0 saturated carbocycles. The summed E-state index contributed by atoms with van der Waals surface area (Å²) in [6.07, 6.45) is 3.63. The molecule has 0 aromatic carbocycles. The topological polar surface area (TPSA) is 40.7 Å². The van der Waals surface area contributed by atoms with Crippen molar-refractivity contribution < 1.29 is 0 Å². The zero-order chi connectivity index (χ0) is 11.1. The maximum absolute atomic E-state index is 4.50. The molecule has 0 fully saturated rings. The second-order valence-electron chi connectivity index (χ2n) is 5.45. The minimum absolute atomic E-state index is 0.135. The zero-order valence-electron chi connectivity index (χ0n) is 10.1. The highest BCUT2D eigenvalue weighted by Gasteiger charge is 2.30. The first kappa shape index (κ1) is 10.7. The van der Waals surface area contributed by atoms with Crippen LogP contribution in [0.4, 0.5) is 0 Å². The van der Waals surface area contributed by atoms with Crippen molar-refractivity contribution in [2.75, 3.05) is 7.05 Å². The molecule has 1 atom stereocenters. The van der Waals surface area contributed by atoms with Crippen LogP contribution in [0.15, 0.2) is 0 Å². The van der Waals surface area contributed by atoms with E-state index in [1.54, 1.807) is 0 Å². The third-order valence-corrected chi connectivity index (χ3v) is 3.21. The standard InChI is InChI=1S/C12H21N3/c1-12(2,3)11-10-8(13-4)6-5-7-9(10)14-15-11/h8,13H,5-7H2,1-4H3,(H,14,15). The van der Waals surface area contributed by atoms with E-state index >= 15 is 0 Å². The minimum atomic E-state index is 0.135. The van der Waals surface area contributed by atoms with Crippen LogP contribution in [0.5, 0.6) is 0 Å². The fourth-order valence-corrected chi connectivity index (χ4v) is 2.44. The number of rotatable bonds is 1. The van der Waals surface area contributed by atoms with Gasteiger partial charge >= 0.3 is 0 Å². The van der Waals surface area contributed by atoms with E-state index in [4.69, 9.17) is 0 Å². The molecule has 1 aromatic heterocycles. The van der Waals surface area contributed by atoms with Crippen LogP contribution in [-0.4, -0.2) is 17.2 Å². The number of aromatic nitrogens is 2. The lowest BCUT2D eigenvalue weighted by atomic mass is 9.82. The predicted octanol–water partition coefficient (Wildman–Crippen LogP) is 2.30.